The summed E-state index contributed by atoms with van der Waals surface area (Å²) >= 11 is 2.19. The number of thioether (sulfide) groups is 1. The summed E-state index contributed by atoms with van der Waals surface area (Å²) in [6.45, 7) is 4.82. The largest absolute Gasteiger partial charge is 0.420 e. The van der Waals surface area contributed by atoms with E-state index >= 15 is 0 Å². The number of fused-ring (bicyclic) bond motifs is 2. The molecule has 0 spiro atoms. The first-order valence-electron chi connectivity index (χ1n) is 12.2. The molecule has 0 saturated heterocycles. The van der Waals surface area contributed by atoms with Crippen molar-refractivity contribution in [1.29, 1.82) is 0 Å². The number of rotatable bonds is 5. The van der Waals surface area contributed by atoms with Crippen molar-refractivity contribution < 1.29 is 26.4 Å². The first-order chi connectivity index (χ1) is 18.4. The molecule has 39 heavy (non-hydrogen) atoms. The fourth-order valence-electron chi connectivity index (χ4n) is 4.65. The zero-order valence-electron chi connectivity index (χ0n) is 21.4. The smallest absolute Gasteiger partial charge is 0.340 e. The number of anilines is 2. The lowest BCUT2D eigenvalue weighted by molar-refractivity contribution is -0.137. The SMILES string of the molecule is CCN1CCc2cc(Nc3ncc(C(F)(F)F)c(-c4cc5c(s4)C(=O)N(C)CCS5(=O)=O)n3)c(SC)cc2C1. The predicted octanol–water partition coefficient (Wildman–Crippen LogP) is 4.93. The molecular formula is C25H26F3N5O3S3. The van der Waals surface area contributed by atoms with Crippen LogP contribution in [0.25, 0.3) is 10.6 Å². The number of likely N-dealkylation sites (N-methyl/N-ethyl adjacent to an activating group) is 1. The molecule has 1 amide bonds. The Morgan fingerprint density at radius 1 is 1.18 bits per heavy atom. The molecule has 1 aromatic carbocycles. The van der Waals surface area contributed by atoms with E-state index in [1.54, 1.807) is 0 Å². The third-order valence-electron chi connectivity index (χ3n) is 6.90. The molecule has 0 fully saturated rings. The Morgan fingerprint density at radius 3 is 2.64 bits per heavy atom. The maximum atomic E-state index is 14.0. The first-order valence-corrected chi connectivity index (χ1v) is 15.9. The van der Waals surface area contributed by atoms with Crippen LogP contribution in [-0.2, 0) is 29.0 Å². The monoisotopic (exact) mass is 597 g/mol. The van der Waals surface area contributed by atoms with Gasteiger partial charge in [0, 0.05) is 37.8 Å². The molecule has 208 valence electrons. The van der Waals surface area contributed by atoms with Gasteiger partial charge in [-0.2, -0.15) is 13.2 Å². The molecule has 5 rings (SSSR count). The molecule has 0 radical (unpaired) electrons. The van der Waals surface area contributed by atoms with Gasteiger partial charge in [0.15, 0.2) is 9.84 Å². The summed E-state index contributed by atoms with van der Waals surface area (Å²) in [5, 5.41) is 3.08. The van der Waals surface area contributed by atoms with Crippen LogP contribution in [0.3, 0.4) is 0 Å². The van der Waals surface area contributed by atoms with Crippen molar-refractivity contribution in [2.75, 3.05) is 44.0 Å². The van der Waals surface area contributed by atoms with Crippen molar-refractivity contribution in [1.82, 2.24) is 19.8 Å². The Bertz CT molecular complexity index is 1560. The molecule has 0 atom stereocenters. The van der Waals surface area contributed by atoms with Crippen LogP contribution >= 0.6 is 23.1 Å². The number of carbonyl (C=O) groups is 1. The third-order valence-corrected chi connectivity index (χ3v) is 10.7. The van der Waals surface area contributed by atoms with Crippen molar-refractivity contribution in [2.45, 2.75) is 35.9 Å². The number of benzene rings is 1. The minimum atomic E-state index is -4.80. The Labute approximate surface area is 232 Å². The Hall–Kier alpha value is -2.68. The highest BCUT2D eigenvalue weighted by Crippen LogP contribution is 2.42. The van der Waals surface area contributed by atoms with Gasteiger partial charge in [-0.25, -0.2) is 18.4 Å². The molecule has 2 aliphatic rings. The van der Waals surface area contributed by atoms with Crippen LogP contribution in [-0.4, -0.2) is 72.8 Å². The number of hydrogen-bond donors (Lipinski definition) is 1. The van der Waals surface area contributed by atoms with E-state index in [1.165, 1.54) is 29.3 Å². The zero-order chi connectivity index (χ0) is 28.1. The fraction of sp³-hybridized carbons (Fsp3) is 0.400. The van der Waals surface area contributed by atoms with E-state index in [9.17, 15) is 26.4 Å². The zero-order valence-corrected chi connectivity index (χ0v) is 23.9. The second-order valence-electron chi connectivity index (χ2n) is 9.37. The van der Waals surface area contributed by atoms with Gasteiger partial charge in [0.05, 0.1) is 26.9 Å². The molecule has 0 saturated carbocycles. The summed E-state index contributed by atoms with van der Waals surface area (Å²) < 4.78 is 67.6. The maximum Gasteiger partial charge on any atom is 0.420 e. The van der Waals surface area contributed by atoms with E-state index in [4.69, 9.17) is 0 Å². The molecular weight excluding hydrogens is 572 g/mol. The lowest BCUT2D eigenvalue weighted by atomic mass is 9.99. The number of halogens is 3. The average molecular weight is 598 g/mol. The summed E-state index contributed by atoms with van der Waals surface area (Å²) in [4.78, 5) is 25.0. The van der Waals surface area contributed by atoms with Crippen LogP contribution < -0.4 is 5.32 Å². The molecule has 0 unspecified atom stereocenters. The van der Waals surface area contributed by atoms with Gasteiger partial charge >= 0.3 is 6.18 Å². The molecule has 8 nitrogen and oxygen atoms in total. The van der Waals surface area contributed by atoms with Gasteiger partial charge in [0.25, 0.3) is 5.91 Å². The summed E-state index contributed by atoms with van der Waals surface area (Å²) in [5.74, 6) is -0.926. The maximum absolute atomic E-state index is 14.0. The number of thiophene rings is 1. The Morgan fingerprint density at radius 2 is 1.95 bits per heavy atom. The van der Waals surface area contributed by atoms with E-state index < -0.39 is 33.2 Å². The number of amides is 1. The molecule has 2 aromatic heterocycles. The minimum Gasteiger partial charge on any atom is -0.340 e. The van der Waals surface area contributed by atoms with Gasteiger partial charge < -0.3 is 10.2 Å². The van der Waals surface area contributed by atoms with Gasteiger partial charge in [-0.1, -0.05) is 6.92 Å². The predicted molar refractivity (Wildman–Crippen MR) is 146 cm³/mol. The molecule has 1 N–H and O–H groups in total. The minimum absolute atomic E-state index is 0.00229. The number of alkyl halides is 3. The normalized spacial score (nSPS) is 17.5. The van der Waals surface area contributed by atoms with E-state index in [0.717, 1.165) is 42.6 Å². The van der Waals surface area contributed by atoms with Gasteiger partial charge in [-0.3, -0.25) is 9.69 Å². The van der Waals surface area contributed by atoms with Crippen LogP contribution in [0.1, 0.15) is 33.3 Å². The molecule has 4 heterocycles. The quantitative estimate of drug-likeness (QED) is 0.414. The van der Waals surface area contributed by atoms with E-state index in [2.05, 4.69) is 33.2 Å². The highest BCUT2D eigenvalue weighted by atomic mass is 32.2. The number of nitrogens with one attached hydrogen (secondary N) is 1. The van der Waals surface area contributed by atoms with Crippen molar-refractivity contribution in [3.63, 3.8) is 0 Å². The van der Waals surface area contributed by atoms with Crippen molar-refractivity contribution in [2.24, 2.45) is 0 Å². The van der Waals surface area contributed by atoms with Crippen LogP contribution in [0.5, 0.6) is 0 Å². The van der Waals surface area contributed by atoms with Gasteiger partial charge in [-0.05, 0) is 48.5 Å². The van der Waals surface area contributed by atoms with Crippen LogP contribution in [0.2, 0.25) is 0 Å². The first kappa shape index (κ1) is 27.9. The van der Waals surface area contributed by atoms with Crippen molar-refractivity contribution in [3.05, 3.63) is 46.0 Å². The lowest BCUT2D eigenvalue weighted by Crippen LogP contribution is -2.30. The second kappa shape index (κ2) is 10.4. The summed E-state index contributed by atoms with van der Waals surface area (Å²) in [6.07, 6.45) is -1.34. The summed E-state index contributed by atoms with van der Waals surface area (Å²) in [7, 11) is -2.40. The van der Waals surface area contributed by atoms with Crippen LogP contribution in [0, 0.1) is 0 Å². The average Bonchev–Trinajstić information content (AvgIpc) is 3.34. The lowest BCUT2D eigenvalue weighted by Gasteiger charge is -2.28. The van der Waals surface area contributed by atoms with Crippen molar-refractivity contribution >= 4 is 50.5 Å². The molecule has 0 bridgehead atoms. The number of hydrogen-bond acceptors (Lipinski definition) is 9. The molecule has 3 aromatic rings. The van der Waals surface area contributed by atoms with Crippen LogP contribution in [0.4, 0.5) is 24.8 Å². The standard InChI is InChI=1S/C25H26F3N5O3S3/c1-4-33-6-5-14-9-17(18(37-3)10-15(14)13-33)30-24-29-12-16(25(26,27)28)21(31-24)19-11-20-22(38-19)23(34)32(2)7-8-39(20,35)36/h9-12H,4-8,13H2,1-3H3,(H,29,30,31). The Balaban J connectivity index is 1.58. The number of sulfone groups is 1. The Kier molecular flexibility index (Phi) is 7.42. The second-order valence-corrected chi connectivity index (χ2v) is 13.3. The molecule has 2 aliphatic heterocycles. The van der Waals surface area contributed by atoms with Gasteiger partial charge in [0.2, 0.25) is 5.95 Å². The van der Waals surface area contributed by atoms with E-state index in [-0.39, 0.29) is 32.9 Å². The van der Waals surface area contributed by atoms with Crippen LogP contribution in [0.15, 0.2) is 34.2 Å². The highest BCUT2D eigenvalue weighted by Gasteiger charge is 2.38. The third kappa shape index (κ3) is 5.39. The number of aromatic nitrogens is 2. The van der Waals surface area contributed by atoms with Gasteiger partial charge in [-0.15, -0.1) is 23.1 Å². The number of nitrogens with zero attached hydrogens (tertiary/aromatic N) is 4. The fourth-order valence-corrected chi connectivity index (χ4v) is 8.28. The highest BCUT2D eigenvalue weighted by molar-refractivity contribution is 7.98. The summed E-state index contributed by atoms with van der Waals surface area (Å²) in [5.41, 5.74) is 1.45. The topological polar surface area (TPSA) is 95.5 Å². The van der Waals surface area contributed by atoms with E-state index in [1.807, 2.05) is 12.3 Å². The summed E-state index contributed by atoms with van der Waals surface area (Å²) in [6, 6.07) is 5.20. The van der Waals surface area contributed by atoms with E-state index in [0.29, 0.717) is 23.2 Å². The van der Waals surface area contributed by atoms with Crippen molar-refractivity contribution in [3.8, 4) is 10.6 Å². The molecule has 0 aliphatic carbocycles. The molecule has 14 heteroatoms. The number of carbonyl (C=O) groups excluding carboxylic acids is 1. The van der Waals surface area contributed by atoms with Gasteiger partial charge in [0.1, 0.15) is 10.4 Å².